The number of nitrogens with one attached hydrogen (secondary N) is 2. The maximum atomic E-state index is 4.77. The monoisotopic (exact) mass is 520 g/mol. The Bertz CT molecular complexity index is 716. The number of halogens is 1. The Morgan fingerprint density at radius 1 is 1.41 bits per heavy atom. The van der Waals surface area contributed by atoms with Crippen LogP contribution in [0.4, 0.5) is 0 Å². The van der Waals surface area contributed by atoms with Crippen molar-refractivity contribution in [3.63, 3.8) is 0 Å². The Hall–Kier alpha value is -0.810. The maximum Gasteiger partial charge on any atom is 0.192 e. The molecular weight excluding hydrogens is 491 g/mol. The summed E-state index contributed by atoms with van der Waals surface area (Å²) < 4.78 is 1.99. The lowest BCUT2D eigenvalue weighted by Gasteiger charge is -2.18. The molecule has 3 rings (SSSR count). The zero-order valence-corrected chi connectivity index (χ0v) is 20.1. The maximum absolute atomic E-state index is 4.77. The number of rotatable bonds is 7. The van der Waals surface area contributed by atoms with E-state index in [0.29, 0.717) is 12.6 Å². The standard InChI is InChI=1S/C18H28N6S2.HI/c1-4-25-15-8-7-14(10-15)21-18(19-11-16-6-5-9-26-16)20-12-17-23-22-13(2)24(17)3;/h5-6,9,14-15H,4,7-8,10-12H2,1-3H3,(H2,19,20,21);1H. The van der Waals surface area contributed by atoms with Gasteiger partial charge in [0.1, 0.15) is 12.4 Å². The molecule has 9 heteroatoms. The molecule has 0 radical (unpaired) electrons. The number of aliphatic imine (C=N–C) groups is 1. The second kappa shape index (κ2) is 11.3. The summed E-state index contributed by atoms with van der Waals surface area (Å²) in [5.74, 6) is 3.85. The SMILES string of the molecule is CCSC1CCC(NC(=NCc2nnc(C)n2C)NCc2cccs2)C1.I. The molecule has 6 nitrogen and oxygen atoms in total. The van der Waals surface area contributed by atoms with Crippen molar-refractivity contribution in [1.29, 1.82) is 0 Å². The number of aromatic nitrogens is 3. The third kappa shape index (κ3) is 6.63. The van der Waals surface area contributed by atoms with Crippen LogP contribution in [0.2, 0.25) is 0 Å². The number of thiophene rings is 1. The second-order valence-corrected chi connectivity index (χ2v) is 9.16. The Morgan fingerprint density at radius 2 is 2.26 bits per heavy atom. The van der Waals surface area contributed by atoms with Crippen LogP contribution in [0.5, 0.6) is 0 Å². The van der Waals surface area contributed by atoms with E-state index in [1.165, 1.54) is 29.9 Å². The molecule has 2 aromatic heterocycles. The lowest BCUT2D eigenvalue weighted by atomic mass is 10.2. The third-order valence-electron chi connectivity index (χ3n) is 4.70. The molecule has 0 amide bonds. The summed E-state index contributed by atoms with van der Waals surface area (Å²) in [4.78, 5) is 6.08. The van der Waals surface area contributed by atoms with Gasteiger partial charge in [-0.3, -0.25) is 0 Å². The number of nitrogens with zero attached hydrogens (tertiary/aromatic N) is 4. The minimum absolute atomic E-state index is 0. The zero-order chi connectivity index (χ0) is 18.4. The van der Waals surface area contributed by atoms with Crippen molar-refractivity contribution in [2.24, 2.45) is 12.0 Å². The van der Waals surface area contributed by atoms with Crippen LogP contribution in [0.25, 0.3) is 0 Å². The first kappa shape index (κ1) is 22.5. The minimum atomic E-state index is 0. The van der Waals surface area contributed by atoms with Gasteiger partial charge in [-0.15, -0.1) is 45.5 Å². The first-order valence-corrected chi connectivity index (χ1v) is 11.1. The number of hydrogen-bond acceptors (Lipinski definition) is 5. The lowest BCUT2D eigenvalue weighted by Crippen LogP contribution is -2.42. The van der Waals surface area contributed by atoms with Gasteiger partial charge in [0, 0.05) is 23.2 Å². The van der Waals surface area contributed by atoms with Gasteiger partial charge in [0.25, 0.3) is 0 Å². The van der Waals surface area contributed by atoms with Crippen LogP contribution < -0.4 is 10.6 Å². The summed E-state index contributed by atoms with van der Waals surface area (Å²) in [5, 5.41) is 18.3. The Kier molecular flexibility index (Phi) is 9.37. The van der Waals surface area contributed by atoms with Crippen LogP contribution in [0, 0.1) is 6.92 Å². The minimum Gasteiger partial charge on any atom is -0.354 e. The van der Waals surface area contributed by atoms with Crippen molar-refractivity contribution >= 4 is 53.0 Å². The van der Waals surface area contributed by atoms with Crippen molar-refractivity contribution in [3.05, 3.63) is 34.0 Å². The quantitative estimate of drug-likeness (QED) is 0.331. The van der Waals surface area contributed by atoms with Crippen LogP contribution >= 0.6 is 47.1 Å². The van der Waals surface area contributed by atoms with Gasteiger partial charge >= 0.3 is 0 Å². The summed E-state index contributed by atoms with van der Waals surface area (Å²) in [7, 11) is 1.98. The first-order chi connectivity index (χ1) is 12.7. The molecule has 0 spiro atoms. The average molecular weight is 521 g/mol. The third-order valence-corrected chi connectivity index (χ3v) is 6.81. The number of thioether (sulfide) groups is 1. The largest absolute Gasteiger partial charge is 0.354 e. The van der Waals surface area contributed by atoms with Gasteiger partial charge in [0.05, 0.1) is 6.54 Å². The van der Waals surface area contributed by atoms with Crippen molar-refractivity contribution in [2.75, 3.05) is 5.75 Å². The summed E-state index contributed by atoms with van der Waals surface area (Å²) in [6.45, 7) is 5.51. The molecule has 1 aliphatic carbocycles. The van der Waals surface area contributed by atoms with Gasteiger partial charge in [-0.05, 0) is 43.4 Å². The molecule has 0 saturated heterocycles. The van der Waals surface area contributed by atoms with Gasteiger partial charge in [-0.1, -0.05) is 13.0 Å². The highest BCUT2D eigenvalue weighted by Crippen LogP contribution is 2.29. The van der Waals surface area contributed by atoms with Crippen molar-refractivity contribution < 1.29 is 0 Å². The van der Waals surface area contributed by atoms with Crippen molar-refractivity contribution in [1.82, 2.24) is 25.4 Å². The first-order valence-electron chi connectivity index (χ1n) is 9.19. The van der Waals surface area contributed by atoms with E-state index in [0.717, 1.165) is 29.4 Å². The van der Waals surface area contributed by atoms with Crippen LogP contribution in [-0.2, 0) is 20.1 Å². The van der Waals surface area contributed by atoms with Gasteiger partial charge < -0.3 is 15.2 Å². The highest BCUT2D eigenvalue weighted by atomic mass is 127. The molecule has 0 aliphatic heterocycles. The van der Waals surface area contributed by atoms with Gasteiger partial charge in [-0.2, -0.15) is 11.8 Å². The molecule has 1 saturated carbocycles. The topological polar surface area (TPSA) is 67.1 Å². The Balaban J connectivity index is 0.00000261. The second-order valence-electron chi connectivity index (χ2n) is 6.55. The Morgan fingerprint density at radius 3 is 2.93 bits per heavy atom. The zero-order valence-electron chi connectivity index (χ0n) is 16.1. The molecule has 0 aromatic carbocycles. The van der Waals surface area contributed by atoms with Crippen molar-refractivity contribution in [3.8, 4) is 0 Å². The molecule has 2 aromatic rings. The lowest BCUT2D eigenvalue weighted by molar-refractivity contribution is 0.611. The van der Waals surface area contributed by atoms with E-state index < -0.39 is 0 Å². The van der Waals surface area contributed by atoms with Crippen LogP contribution in [0.3, 0.4) is 0 Å². The number of aryl methyl sites for hydroxylation is 1. The summed E-state index contributed by atoms with van der Waals surface area (Å²) in [6.07, 6.45) is 3.71. The van der Waals surface area contributed by atoms with E-state index in [1.807, 2.05) is 18.5 Å². The number of hydrogen-bond donors (Lipinski definition) is 2. The highest BCUT2D eigenvalue weighted by molar-refractivity contribution is 14.0. The van der Waals surface area contributed by atoms with Crippen molar-refractivity contribution in [2.45, 2.75) is 57.5 Å². The molecule has 27 heavy (non-hydrogen) atoms. The number of guanidine groups is 1. The van der Waals surface area contributed by atoms with E-state index in [1.54, 1.807) is 11.3 Å². The molecule has 2 heterocycles. The fourth-order valence-electron chi connectivity index (χ4n) is 3.13. The fraction of sp³-hybridized carbons (Fsp3) is 0.611. The van der Waals surface area contributed by atoms with Gasteiger partial charge in [-0.25, -0.2) is 4.99 Å². The molecule has 0 bridgehead atoms. The highest BCUT2D eigenvalue weighted by Gasteiger charge is 2.25. The molecule has 2 N–H and O–H groups in total. The van der Waals surface area contributed by atoms with E-state index in [2.05, 4.69) is 57.0 Å². The van der Waals surface area contributed by atoms with E-state index in [9.17, 15) is 0 Å². The molecule has 2 atom stereocenters. The summed E-state index contributed by atoms with van der Waals surface area (Å²) >= 11 is 3.84. The summed E-state index contributed by atoms with van der Waals surface area (Å²) in [5.41, 5.74) is 0. The normalized spacial score (nSPS) is 19.7. The molecular formula is C18H29IN6S2. The predicted molar refractivity (Wildman–Crippen MR) is 126 cm³/mol. The van der Waals surface area contributed by atoms with Crippen LogP contribution in [-0.4, -0.2) is 37.8 Å². The average Bonchev–Trinajstić information content (AvgIpc) is 3.36. The van der Waals surface area contributed by atoms with E-state index >= 15 is 0 Å². The summed E-state index contributed by atoms with van der Waals surface area (Å²) in [6, 6.07) is 4.72. The smallest absolute Gasteiger partial charge is 0.192 e. The predicted octanol–water partition coefficient (Wildman–Crippen LogP) is 3.71. The van der Waals surface area contributed by atoms with E-state index in [4.69, 9.17) is 4.99 Å². The molecule has 1 aliphatic rings. The Labute approximate surface area is 187 Å². The van der Waals surface area contributed by atoms with Crippen LogP contribution in [0.15, 0.2) is 22.5 Å². The molecule has 150 valence electrons. The van der Waals surface area contributed by atoms with Crippen LogP contribution in [0.1, 0.15) is 42.7 Å². The molecule has 1 fully saturated rings. The molecule has 2 unspecified atom stereocenters. The fourth-order valence-corrected chi connectivity index (χ4v) is 4.91. The van der Waals surface area contributed by atoms with Gasteiger partial charge in [0.15, 0.2) is 11.8 Å². The van der Waals surface area contributed by atoms with E-state index in [-0.39, 0.29) is 24.0 Å². The van der Waals surface area contributed by atoms with Gasteiger partial charge in [0.2, 0.25) is 0 Å².